The molecule has 2 heterocycles. The lowest BCUT2D eigenvalue weighted by Gasteiger charge is -2.20. The van der Waals surface area contributed by atoms with Gasteiger partial charge >= 0.3 is 0 Å². The van der Waals surface area contributed by atoms with Gasteiger partial charge in [0.1, 0.15) is 10.5 Å². The Hall–Kier alpha value is -0.700. The number of thiophene rings is 1. The lowest BCUT2D eigenvalue weighted by atomic mass is 10.0. The summed E-state index contributed by atoms with van der Waals surface area (Å²) in [5.41, 5.74) is -1.05. The van der Waals surface area contributed by atoms with E-state index in [0.717, 1.165) is 11.3 Å². The van der Waals surface area contributed by atoms with Gasteiger partial charge in [0.15, 0.2) is 0 Å². The van der Waals surface area contributed by atoms with Crippen molar-refractivity contribution in [2.45, 2.75) is 22.7 Å². The Kier molecular flexibility index (Phi) is 4.77. The lowest BCUT2D eigenvalue weighted by molar-refractivity contribution is 0.0265. The molecule has 1 aliphatic heterocycles. The van der Waals surface area contributed by atoms with Gasteiger partial charge in [-0.1, -0.05) is 11.8 Å². The average Bonchev–Trinajstić information content (AvgIpc) is 2.95. The third-order valence-corrected chi connectivity index (χ3v) is 4.53. The summed E-state index contributed by atoms with van der Waals surface area (Å²) >= 11 is 1.45. The quantitative estimate of drug-likeness (QED) is 0.816. The van der Waals surface area contributed by atoms with Gasteiger partial charge in [-0.15, -0.1) is 11.3 Å². The Labute approximate surface area is 117 Å². The van der Waals surface area contributed by atoms with Crippen molar-refractivity contribution < 1.29 is 23.4 Å². The van der Waals surface area contributed by atoms with Crippen LogP contribution >= 0.6 is 23.1 Å². The third-order valence-electron chi connectivity index (χ3n) is 2.71. The van der Waals surface area contributed by atoms with E-state index in [1.54, 1.807) is 5.38 Å². The van der Waals surface area contributed by atoms with Crippen LogP contribution < -0.4 is 5.32 Å². The fraction of sp³-hybridized carbons (Fsp3) is 0.545. The van der Waals surface area contributed by atoms with Crippen molar-refractivity contribution in [3.8, 4) is 0 Å². The van der Waals surface area contributed by atoms with Crippen LogP contribution in [0.1, 0.15) is 16.1 Å². The number of aliphatic hydroxyl groups is 1. The zero-order valence-corrected chi connectivity index (χ0v) is 11.5. The van der Waals surface area contributed by atoms with Crippen molar-refractivity contribution in [2.24, 2.45) is 0 Å². The first-order valence-electron chi connectivity index (χ1n) is 5.61. The molecule has 4 nitrogen and oxygen atoms in total. The van der Waals surface area contributed by atoms with E-state index >= 15 is 0 Å². The maximum atomic E-state index is 12.3. The molecule has 1 aliphatic rings. The number of nitrogens with one attached hydrogen (secondary N) is 1. The normalized spacial score (nSPS) is 22.9. The van der Waals surface area contributed by atoms with Crippen LogP contribution in [-0.2, 0) is 4.74 Å². The number of ether oxygens (including phenoxy) is 1. The Bertz CT molecular complexity index is 447. The minimum Gasteiger partial charge on any atom is -0.386 e. The van der Waals surface area contributed by atoms with E-state index in [1.807, 2.05) is 0 Å². The minimum absolute atomic E-state index is 0.0581. The van der Waals surface area contributed by atoms with Crippen LogP contribution in [-0.4, -0.2) is 42.1 Å². The minimum atomic E-state index is -2.56. The fourth-order valence-electron chi connectivity index (χ4n) is 1.71. The number of halogens is 2. The third kappa shape index (κ3) is 3.88. The number of thioether (sulfide) groups is 1. The molecule has 0 saturated carbocycles. The van der Waals surface area contributed by atoms with Gasteiger partial charge in [0.25, 0.3) is 11.7 Å². The summed E-state index contributed by atoms with van der Waals surface area (Å²) < 4.78 is 29.7. The zero-order valence-electron chi connectivity index (χ0n) is 9.90. The van der Waals surface area contributed by atoms with Gasteiger partial charge in [-0.2, -0.15) is 8.78 Å². The van der Waals surface area contributed by atoms with Crippen molar-refractivity contribution in [1.82, 2.24) is 5.32 Å². The number of carbonyl (C=O) groups is 1. The Morgan fingerprint density at radius 1 is 1.68 bits per heavy atom. The summed E-state index contributed by atoms with van der Waals surface area (Å²) in [6.07, 6.45) is 0.455. The molecule has 19 heavy (non-hydrogen) atoms. The van der Waals surface area contributed by atoms with Crippen molar-refractivity contribution in [2.75, 3.05) is 19.8 Å². The summed E-state index contributed by atoms with van der Waals surface area (Å²) in [6, 6.07) is 1.49. The van der Waals surface area contributed by atoms with Gasteiger partial charge in [0.2, 0.25) is 0 Å². The van der Waals surface area contributed by atoms with E-state index < -0.39 is 17.3 Å². The van der Waals surface area contributed by atoms with Gasteiger partial charge in [-0.25, -0.2) is 0 Å². The molecule has 0 radical (unpaired) electrons. The predicted molar refractivity (Wildman–Crippen MR) is 68.9 cm³/mol. The molecule has 0 bridgehead atoms. The predicted octanol–water partition coefficient (Wildman–Crippen LogP) is 1.94. The molecule has 1 amide bonds. The highest BCUT2D eigenvalue weighted by Gasteiger charge is 2.33. The molecule has 1 saturated heterocycles. The highest BCUT2D eigenvalue weighted by molar-refractivity contribution is 7.99. The van der Waals surface area contributed by atoms with E-state index in [2.05, 4.69) is 5.32 Å². The Balaban J connectivity index is 1.94. The molecule has 1 unspecified atom stereocenters. The Morgan fingerprint density at radius 2 is 2.47 bits per heavy atom. The molecule has 0 aliphatic carbocycles. The average molecular weight is 309 g/mol. The van der Waals surface area contributed by atoms with Crippen LogP contribution in [0.25, 0.3) is 0 Å². The van der Waals surface area contributed by atoms with Gasteiger partial charge in [-0.05, 0) is 11.4 Å². The number of hydrogen-bond acceptors (Lipinski definition) is 5. The van der Waals surface area contributed by atoms with Crippen LogP contribution in [0.5, 0.6) is 0 Å². The summed E-state index contributed by atoms with van der Waals surface area (Å²) in [6.45, 7) is 0.691. The Morgan fingerprint density at radius 3 is 3.11 bits per heavy atom. The van der Waals surface area contributed by atoms with Gasteiger partial charge < -0.3 is 15.2 Å². The van der Waals surface area contributed by atoms with Crippen molar-refractivity contribution in [1.29, 1.82) is 0 Å². The molecule has 0 spiro atoms. The molecular weight excluding hydrogens is 296 g/mol. The van der Waals surface area contributed by atoms with E-state index in [4.69, 9.17) is 4.74 Å². The number of hydrogen-bond donors (Lipinski definition) is 2. The van der Waals surface area contributed by atoms with Crippen molar-refractivity contribution in [3.63, 3.8) is 0 Å². The number of rotatable bonds is 5. The smallest absolute Gasteiger partial charge is 0.288 e. The van der Waals surface area contributed by atoms with Gasteiger partial charge in [0, 0.05) is 24.5 Å². The van der Waals surface area contributed by atoms with Crippen LogP contribution in [0.2, 0.25) is 0 Å². The number of alkyl halides is 2. The monoisotopic (exact) mass is 309 g/mol. The molecular formula is C11H13F2NO3S2. The zero-order chi connectivity index (χ0) is 13.9. The summed E-state index contributed by atoms with van der Waals surface area (Å²) in [7, 11) is 0. The van der Waals surface area contributed by atoms with Gasteiger partial charge in [-0.3, -0.25) is 4.79 Å². The first-order valence-corrected chi connectivity index (χ1v) is 7.37. The van der Waals surface area contributed by atoms with E-state index in [-0.39, 0.29) is 22.9 Å². The largest absolute Gasteiger partial charge is 0.386 e. The molecule has 1 fully saturated rings. The van der Waals surface area contributed by atoms with Crippen LogP contribution in [0.3, 0.4) is 0 Å². The number of carbonyl (C=O) groups excluding carboxylic acids is 1. The standard InChI is InChI=1S/C11H13F2NO3S2/c12-10(13)19-7-1-4-18-8(7)9(15)14-5-11(16)2-3-17-6-11/h1,4,10,16H,2-3,5-6H2,(H,14,15). The van der Waals surface area contributed by atoms with Crippen molar-refractivity contribution in [3.05, 3.63) is 16.3 Å². The first kappa shape index (κ1) is 14.7. The SMILES string of the molecule is O=C(NCC1(O)CCOC1)c1sccc1SC(F)F. The summed E-state index contributed by atoms with van der Waals surface area (Å²) in [5, 5.41) is 14.1. The lowest BCUT2D eigenvalue weighted by Crippen LogP contribution is -2.43. The van der Waals surface area contributed by atoms with Crippen LogP contribution in [0.4, 0.5) is 8.78 Å². The second-order valence-corrected chi connectivity index (χ2v) is 6.15. The van der Waals surface area contributed by atoms with Crippen LogP contribution in [0.15, 0.2) is 16.3 Å². The van der Waals surface area contributed by atoms with Crippen molar-refractivity contribution >= 4 is 29.0 Å². The highest BCUT2D eigenvalue weighted by atomic mass is 32.2. The molecule has 8 heteroatoms. The molecule has 0 aromatic carbocycles. The van der Waals surface area contributed by atoms with E-state index in [1.165, 1.54) is 6.07 Å². The first-order chi connectivity index (χ1) is 9.00. The fourth-order valence-corrected chi connectivity index (χ4v) is 3.33. The highest BCUT2D eigenvalue weighted by Crippen LogP contribution is 2.32. The molecule has 106 valence electrons. The summed E-state index contributed by atoms with van der Waals surface area (Å²) in [4.78, 5) is 12.4. The molecule has 1 aromatic heterocycles. The van der Waals surface area contributed by atoms with E-state index in [0.29, 0.717) is 24.8 Å². The second-order valence-electron chi connectivity index (χ2n) is 4.20. The number of amides is 1. The topological polar surface area (TPSA) is 58.6 Å². The maximum Gasteiger partial charge on any atom is 0.288 e. The summed E-state index contributed by atoms with van der Waals surface area (Å²) in [5.74, 6) is -3.01. The molecule has 1 atom stereocenters. The molecule has 1 aromatic rings. The van der Waals surface area contributed by atoms with Crippen LogP contribution in [0, 0.1) is 0 Å². The van der Waals surface area contributed by atoms with E-state index in [9.17, 15) is 18.7 Å². The van der Waals surface area contributed by atoms with Gasteiger partial charge in [0.05, 0.1) is 6.61 Å². The molecule has 2 N–H and O–H groups in total. The second kappa shape index (κ2) is 6.17. The molecule has 2 rings (SSSR count). The maximum absolute atomic E-state index is 12.3.